The SMILES string of the molecule is CC[NH+]1CC[NH+]([C@@H](c2cccs2)[C@@H](C)NC(=O)c2ccc(C(C)(C)C)cc2)CC1. The summed E-state index contributed by atoms with van der Waals surface area (Å²) in [6.07, 6.45) is 0. The van der Waals surface area contributed by atoms with Crippen molar-refractivity contribution in [3.63, 3.8) is 0 Å². The molecule has 1 aliphatic rings. The Hall–Kier alpha value is -1.69. The van der Waals surface area contributed by atoms with Crippen LogP contribution in [0.3, 0.4) is 0 Å². The molecule has 1 fully saturated rings. The Kier molecular flexibility index (Phi) is 7.14. The molecular formula is C24H37N3OS+2. The van der Waals surface area contributed by atoms with Gasteiger partial charge in [0.1, 0.15) is 32.2 Å². The molecule has 0 spiro atoms. The van der Waals surface area contributed by atoms with Crippen molar-refractivity contribution >= 4 is 17.2 Å². The minimum Gasteiger partial charge on any atom is -0.343 e. The summed E-state index contributed by atoms with van der Waals surface area (Å²) >= 11 is 1.81. The molecule has 1 aliphatic heterocycles. The van der Waals surface area contributed by atoms with Gasteiger partial charge in [-0.1, -0.05) is 39.0 Å². The van der Waals surface area contributed by atoms with E-state index in [4.69, 9.17) is 0 Å². The van der Waals surface area contributed by atoms with Crippen LogP contribution in [0.1, 0.15) is 61.5 Å². The number of rotatable bonds is 6. The third kappa shape index (κ3) is 5.47. The number of thiophene rings is 1. The van der Waals surface area contributed by atoms with Gasteiger partial charge in [0, 0.05) is 5.56 Å². The molecule has 2 aromatic rings. The van der Waals surface area contributed by atoms with Crippen LogP contribution in [-0.2, 0) is 5.41 Å². The van der Waals surface area contributed by atoms with Crippen molar-refractivity contribution < 1.29 is 14.6 Å². The first-order valence-corrected chi connectivity index (χ1v) is 11.8. The van der Waals surface area contributed by atoms with Crippen molar-refractivity contribution in [3.05, 3.63) is 57.8 Å². The molecule has 0 saturated carbocycles. The lowest BCUT2D eigenvalue weighted by molar-refractivity contribution is -1.03. The van der Waals surface area contributed by atoms with E-state index in [1.807, 2.05) is 23.5 Å². The third-order valence-electron chi connectivity index (χ3n) is 6.26. The van der Waals surface area contributed by atoms with Crippen LogP contribution in [-0.4, -0.2) is 44.7 Å². The van der Waals surface area contributed by atoms with Crippen molar-refractivity contribution in [2.75, 3.05) is 32.7 Å². The summed E-state index contributed by atoms with van der Waals surface area (Å²) in [5.41, 5.74) is 2.09. The van der Waals surface area contributed by atoms with Crippen molar-refractivity contribution in [2.45, 2.75) is 52.1 Å². The Morgan fingerprint density at radius 3 is 2.28 bits per heavy atom. The largest absolute Gasteiger partial charge is 0.343 e. The molecule has 1 amide bonds. The molecule has 29 heavy (non-hydrogen) atoms. The minimum atomic E-state index is 0.0248. The van der Waals surface area contributed by atoms with E-state index < -0.39 is 0 Å². The smallest absolute Gasteiger partial charge is 0.251 e. The predicted molar refractivity (Wildman–Crippen MR) is 121 cm³/mol. The molecular weight excluding hydrogens is 378 g/mol. The van der Waals surface area contributed by atoms with Gasteiger partial charge in [-0.15, -0.1) is 11.3 Å². The average molecular weight is 416 g/mol. The predicted octanol–water partition coefficient (Wildman–Crippen LogP) is 1.71. The summed E-state index contributed by atoms with van der Waals surface area (Å²) < 4.78 is 0. The van der Waals surface area contributed by atoms with Crippen LogP contribution in [0.15, 0.2) is 41.8 Å². The highest BCUT2D eigenvalue weighted by Crippen LogP contribution is 2.23. The number of nitrogens with one attached hydrogen (secondary N) is 3. The molecule has 1 aromatic carbocycles. The van der Waals surface area contributed by atoms with Gasteiger partial charge in [-0.3, -0.25) is 4.79 Å². The molecule has 3 N–H and O–H groups in total. The van der Waals surface area contributed by atoms with Gasteiger partial charge in [0.15, 0.2) is 0 Å². The molecule has 0 bridgehead atoms. The van der Waals surface area contributed by atoms with Crippen LogP contribution >= 0.6 is 11.3 Å². The Bertz CT molecular complexity index is 771. The van der Waals surface area contributed by atoms with E-state index >= 15 is 0 Å². The number of piperazine rings is 1. The van der Waals surface area contributed by atoms with Gasteiger partial charge in [-0.2, -0.15) is 0 Å². The normalized spacial score (nSPS) is 22.1. The van der Waals surface area contributed by atoms with Crippen LogP contribution in [0.5, 0.6) is 0 Å². The number of benzene rings is 1. The second kappa shape index (κ2) is 9.41. The van der Waals surface area contributed by atoms with E-state index in [9.17, 15) is 4.79 Å². The van der Waals surface area contributed by atoms with Crippen LogP contribution in [0.2, 0.25) is 0 Å². The maximum absolute atomic E-state index is 13.0. The number of carbonyl (C=O) groups excluding carboxylic acids is 1. The lowest BCUT2D eigenvalue weighted by atomic mass is 9.86. The summed E-state index contributed by atoms with van der Waals surface area (Å²) in [7, 11) is 0. The van der Waals surface area contributed by atoms with E-state index in [0.717, 1.165) is 18.7 Å². The highest BCUT2D eigenvalue weighted by molar-refractivity contribution is 7.10. The fraction of sp³-hybridized carbons (Fsp3) is 0.542. The number of amides is 1. The maximum atomic E-state index is 13.0. The fourth-order valence-electron chi connectivity index (χ4n) is 4.35. The van der Waals surface area contributed by atoms with Gasteiger partial charge in [-0.25, -0.2) is 0 Å². The highest BCUT2D eigenvalue weighted by Gasteiger charge is 2.35. The summed E-state index contributed by atoms with van der Waals surface area (Å²) in [6.45, 7) is 17.0. The van der Waals surface area contributed by atoms with Gasteiger partial charge in [-0.05, 0) is 48.4 Å². The van der Waals surface area contributed by atoms with Gasteiger partial charge >= 0.3 is 0 Å². The fourth-order valence-corrected chi connectivity index (χ4v) is 5.34. The van der Waals surface area contributed by atoms with E-state index in [0.29, 0.717) is 6.04 Å². The average Bonchev–Trinajstić information content (AvgIpc) is 3.22. The summed E-state index contributed by atoms with van der Waals surface area (Å²) in [5.74, 6) is 0.0248. The summed E-state index contributed by atoms with van der Waals surface area (Å²) in [5, 5.41) is 5.45. The third-order valence-corrected chi connectivity index (χ3v) is 7.22. The number of quaternary nitrogens is 2. The summed E-state index contributed by atoms with van der Waals surface area (Å²) in [6, 6.07) is 12.8. The first-order chi connectivity index (χ1) is 13.8. The monoisotopic (exact) mass is 415 g/mol. The number of hydrogen-bond acceptors (Lipinski definition) is 2. The molecule has 1 saturated heterocycles. The van der Waals surface area contributed by atoms with Crippen LogP contribution < -0.4 is 15.1 Å². The molecule has 4 nitrogen and oxygen atoms in total. The number of hydrogen-bond donors (Lipinski definition) is 3. The zero-order valence-corrected chi connectivity index (χ0v) is 19.4. The Morgan fingerprint density at radius 1 is 1.10 bits per heavy atom. The van der Waals surface area contributed by atoms with Gasteiger partial charge in [0.05, 0.1) is 17.5 Å². The molecule has 5 heteroatoms. The van der Waals surface area contributed by atoms with Crippen molar-refractivity contribution in [2.24, 2.45) is 0 Å². The van der Waals surface area contributed by atoms with E-state index in [1.54, 1.807) is 9.80 Å². The number of likely N-dealkylation sites (N-methyl/N-ethyl adjacent to an activating group) is 1. The zero-order chi connectivity index (χ0) is 21.0. The first-order valence-electron chi connectivity index (χ1n) is 10.9. The van der Waals surface area contributed by atoms with E-state index in [-0.39, 0.29) is 17.4 Å². The Labute approximate surface area is 179 Å². The Balaban J connectivity index is 1.71. The van der Waals surface area contributed by atoms with Crippen molar-refractivity contribution in [1.82, 2.24) is 5.32 Å². The highest BCUT2D eigenvalue weighted by atomic mass is 32.1. The van der Waals surface area contributed by atoms with Crippen LogP contribution in [0.25, 0.3) is 0 Å². The quantitative estimate of drug-likeness (QED) is 0.660. The maximum Gasteiger partial charge on any atom is 0.251 e. The lowest BCUT2D eigenvalue weighted by Gasteiger charge is -2.36. The standard InChI is InChI=1S/C24H35N3OS/c1-6-26-13-15-27(16-14-26)22(21-8-7-17-29-21)18(2)25-23(28)19-9-11-20(12-10-19)24(3,4)5/h7-12,17-18,22H,6,13-16H2,1-5H3,(H,25,28)/p+2/t18-,22-/m1/s1. The van der Waals surface area contributed by atoms with Gasteiger partial charge in [0.2, 0.25) is 0 Å². The first kappa shape index (κ1) is 22.0. The van der Waals surface area contributed by atoms with Gasteiger partial charge in [0.25, 0.3) is 5.91 Å². The second-order valence-corrected chi connectivity index (χ2v) is 10.3. The summed E-state index contributed by atoms with van der Waals surface area (Å²) in [4.78, 5) is 17.6. The second-order valence-electron chi connectivity index (χ2n) is 9.34. The van der Waals surface area contributed by atoms with Crippen LogP contribution in [0.4, 0.5) is 0 Å². The van der Waals surface area contributed by atoms with Crippen molar-refractivity contribution in [1.29, 1.82) is 0 Å². The minimum absolute atomic E-state index is 0.0248. The molecule has 0 unspecified atom stereocenters. The molecule has 3 rings (SSSR count). The topological polar surface area (TPSA) is 38.0 Å². The number of carbonyl (C=O) groups is 1. The molecule has 1 aromatic heterocycles. The zero-order valence-electron chi connectivity index (χ0n) is 18.5. The molecule has 2 atom stereocenters. The van der Waals surface area contributed by atoms with E-state index in [1.165, 1.54) is 30.1 Å². The molecule has 2 heterocycles. The molecule has 0 radical (unpaired) electrons. The Morgan fingerprint density at radius 2 is 1.76 bits per heavy atom. The van der Waals surface area contributed by atoms with Gasteiger partial charge < -0.3 is 15.1 Å². The lowest BCUT2D eigenvalue weighted by Crippen LogP contribution is -3.28. The van der Waals surface area contributed by atoms with E-state index in [2.05, 4.69) is 69.6 Å². The van der Waals surface area contributed by atoms with Crippen molar-refractivity contribution in [3.8, 4) is 0 Å². The molecule has 0 aliphatic carbocycles. The molecule has 158 valence electrons. The van der Waals surface area contributed by atoms with Crippen LogP contribution in [0, 0.1) is 0 Å².